The number of carbonyl (C=O) groups excluding carboxylic acids is 1. The van der Waals surface area contributed by atoms with Gasteiger partial charge in [0.25, 0.3) is 0 Å². The Bertz CT molecular complexity index is 1200. The van der Waals surface area contributed by atoms with E-state index in [0.717, 1.165) is 37.7 Å². The standard InChI is InChI=1S/C36H54O8/c1-21(2)32-19-23(4)36-26-29(32)42-34(43-32,44-36)18-16-14-12-10-8-6-7-9-11-13-15-17-22(3)25-24(5)28(38)35(40,27(25)36)31(39)33(20-37)30(26)41-33/h16,18,22-27,29-31,37,39-40H,1,6-15,17,19-20H2,2-5H3/b18-16+/t22?,23-,24?,25?,26?,27?,29-,30?,31-,32-,33?,34?,35+,36?/m1/s1. The molecule has 7 aliphatic rings. The van der Waals surface area contributed by atoms with Crippen molar-refractivity contribution in [1.82, 2.24) is 0 Å². The number of epoxide rings is 1. The zero-order chi connectivity index (χ0) is 31.3. The topological polar surface area (TPSA) is 118 Å². The van der Waals surface area contributed by atoms with Gasteiger partial charge in [-0.25, -0.2) is 0 Å². The lowest BCUT2D eigenvalue weighted by Gasteiger charge is -2.61. The summed E-state index contributed by atoms with van der Waals surface area (Å²) >= 11 is 0. The first-order valence-electron chi connectivity index (χ1n) is 17.6. The lowest BCUT2D eigenvalue weighted by molar-refractivity contribution is -0.412. The van der Waals surface area contributed by atoms with E-state index in [1.807, 2.05) is 19.9 Å². The Morgan fingerprint density at radius 2 is 1.64 bits per heavy atom. The normalized spacial score (nSPS) is 56.2. The molecule has 0 radical (unpaired) electrons. The molecule has 3 aliphatic carbocycles. The van der Waals surface area contributed by atoms with Crippen LogP contribution in [0.1, 0.15) is 105 Å². The number of fused-ring (bicyclic) bond motifs is 1. The van der Waals surface area contributed by atoms with Crippen LogP contribution in [0.5, 0.6) is 0 Å². The van der Waals surface area contributed by atoms with Crippen LogP contribution in [0.2, 0.25) is 0 Å². The Labute approximate surface area is 262 Å². The molecule has 0 aromatic rings. The molecular formula is C36H54O8. The van der Waals surface area contributed by atoms with Crippen molar-refractivity contribution in [2.45, 2.75) is 151 Å². The zero-order valence-electron chi connectivity index (χ0n) is 27.1. The largest absolute Gasteiger partial charge is 0.393 e. The predicted octanol–water partition coefficient (Wildman–Crippen LogP) is 4.98. The second-order valence-electron chi connectivity index (χ2n) is 15.7. The molecule has 3 saturated carbocycles. The molecule has 6 fully saturated rings. The summed E-state index contributed by atoms with van der Waals surface area (Å²) in [5.41, 5.74) is -4.79. The number of aliphatic hydroxyl groups excluding tert-OH is 2. The fraction of sp³-hybridized carbons (Fsp3) is 0.861. The molecule has 3 saturated heterocycles. The molecule has 44 heavy (non-hydrogen) atoms. The highest BCUT2D eigenvalue weighted by Gasteiger charge is 2.89. The lowest BCUT2D eigenvalue weighted by atomic mass is 9.52. The monoisotopic (exact) mass is 614 g/mol. The SMILES string of the molecule is C=C(C)[C@]12C[C@@H](C)C34OC5(/C=C/CCCCCCCCCCCC(C)C6C(C)C(=O)[C@@](O)(C63)[C@H](O)C3(CO)OC3C4[C@H]1O5)O2. The lowest BCUT2D eigenvalue weighted by Crippen LogP contribution is -2.73. The second kappa shape index (κ2) is 10.7. The number of ketones is 1. The number of allylic oxidation sites excluding steroid dienone is 1. The van der Waals surface area contributed by atoms with Crippen LogP contribution < -0.4 is 0 Å². The number of hydrogen-bond donors (Lipinski definition) is 3. The number of aliphatic hydroxyl groups is 3. The van der Waals surface area contributed by atoms with Crippen molar-refractivity contribution in [3.05, 3.63) is 24.3 Å². The summed E-state index contributed by atoms with van der Waals surface area (Å²) < 4.78 is 27.4. The van der Waals surface area contributed by atoms with Crippen LogP contribution in [0.25, 0.3) is 0 Å². The predicted molar refractivity (Wildman–Crippen MR) is 163 cm³/mol. The van der Waals surface area contributed by atoms with E-state index < -0.39 is 71.0 Å². The molecular weight excluding hydrogens is 560 g/mol. The number of hydrogen-bond acceptors (Lipinski definition) is 8. The Hall–Kier alpha value is -1.13. The molecule has 0 aromatic heterocycles. The summed E-state index contributed by atoms with van der Waals surface area (Å²) in [6.07, 6.45) is 14.3. The molecule has 4 aliphatic heterocycles. The van der Waals surface area contributed by atoms with Gasteiger partial charge in [0.2, 0.25) is 0 Å². The molecule has 246 valence electrons. The summed E-state index contributed by atoms with van der Waals surface area (Å²) in [6, 6.07) is 0. The van der Waals surface area contributed by atoms with Crippen LogP contribution in [0.4, 0.5) is 0 Å². The summed E-state index contributed by atoms with van der Waals surface area (Å²) in [6.45, 7) is 12.1. The molecule has 3 bridgehead atoms. The first-order chi connectivity index (χ1) is 21.0. The van der Waals surface area contributed by atoms with Crippen LogP contribution in [0, 0.1) is 35.5 Å². The fourth-order valence-electron chi connectivity index (χ4n) is 11.2. The summed E-state index contributed by atoms with van der Waals surface area (Å²) in [7, 11) is 0. The molecule has 7 rings (SSSR count). The molecule has 0 aromatic carbocycles. The summed E-state index contributed by atoms with van der Waals surface area (Å²) in [4.78, 5) is 14.4. The van der Waals surface area contributed by atoms with E-state index in [2.05, 4.69) is 26.5 Å². The Morgan fingerprint density at radius 3 is 2.30 bits per heavy atom. The van der Waals surface area contributed by atoms with Gasteiger partial charge in [-0.3, -0.25) is 4.79 Å². The van der Waals surface area contributed by atoms with Crippen molar-refractivity contribution in [3.63, 3.8) is 0 Å². The van der Waals surface area contributed by atoms with E-state index in [1.54, 1.807) is 0 Å². The number of rotatable bonds is 2. The quantitative estimate of drug-likeness (QED) is 0.295. The zero-order valence-corrected chi connectivity index (χ0v) is 27.1. The highest BCUT2D eigenvalue weighted by atomic mass is 16.9. The molecule has 8 heteroatoms. The van der Waals surface area contributed by atoms with Crippen LogP contribution in [-0.4, -0.2) is 74.4 Å². The Morgan fingerprint density at radius 1 is 0.977 bits per heavy atom. The van der Waals surface area contributed by atoms with E-state index in [1.165, 1.54) is 38.5 Å². The number of Topliss-reactive ketones (excluding diaryl/α,β-unsaturated/α-hetero) is 1. The van der Waals surface area contributed by atoms with Crippen LogP contribution in [-0.2, 0) is 23.7 Å². The minimum Gasteiger partial charge on any atom is -0.393 e. The van der Waals surface area contributed by atoms with Gasteiger partial charge in [0.1, 0.15) is 29.5 Å². The molecule has 3 N–H and O–H groups in total. The van der Waals surface area contributed by atoms with Gasteiger partial charge in [-0.1, -0.05) is 91.2 Å². The molecule has 0 amide bonds. The smallest absolute Gasteiger partial charge is 0.306 e. The second-order valence-corrected chi connectivity index (χ2v) is 15.7. The molecule has 2 spiro atoms. The number of carbonyl (C=O) groups is 1. The van der Waals surface area contributed by atoms with Crippen molar-refractivity contribution in [3.8, 4) is 0 Å². The first kappa shape index (κ1) is 31.5. The maximum Gasteiger partial charge on any atom is 0.306 e. The maximum absolute atomic E-state index is 14.4. The van der Waals surface area contributed by atoms with Crippen molar-refractivity contribution in [2.24, 2.45) is 35.5 Å². The third-order valence-corrected chi connectivity index (χ3v) is 13.3. The Kier molecular flexibility index (Phi) is 7.65. The highest BCUT2D eigenvalue weighted by Crippen LogP contribution is 2.74. The molecule has 4 heterocycles. The average molecular weight is 615 g/mol. The third-order valence-electron chi connectivity index (χ3n) is 13.3. The van der Waals surface area contributed by atoms with Gasteiger partial charge in [-0.05, 0) is 49.5 Å². The van der Waals surface area contributed by atoms with Gasteiger partial charge in [0, 0.05) is 23.8 Å². The van der Waals surface area contributed by atoms with Gasteiger partial charge in [0.05, 0.1) is 12.2 Å². The molecule has 9 unspecified atom stereocenters. The third kappa shape index (κ3) is 3.97. The van der Waals surface area contributed by atoms with Gasteiger partial charge in [-0.2, -0.15) is 0 Å². The van der Waals surface area contributed by atoms with Gasteiger partial charge in [-0.15, -0.1) is 0 Å². The Balaban J connectivity index is 1.41. The van der Waals surface area contributed by atoms with E-state index in [9.17, 15) is 20.1 Å². The number of ether oxygens (including phenoxy) is 4. The van der Waals surface area contributed by atoms with Crippen molar-refractivity contribution >= 4 is 5.78 Å². The van der Waals surface area contributed by atoms with E-state index in [0.29, 0.717) is 6.42 Å². The fourth-order valence-corrected chi connectivity index (χ4v) is 11.2. The highest BCUT2D eigenvalue weighted by molar-refractivity contribution is 5.93. The first-order valence-corrected chi connectivity index (χ1v) is 17.6. The minimum absolute atomic E-state index is 0.106. The van der Waals surface area contributed by atoms with Crippen molar-refractivity contribution in [2.75, 3.05) is 6.61 Å². The van der Waals surface area contributed by atoms with Gasteiger partial charge < -0.3 is 34.3 Å². The van der Waals surface area contributed by atoms with Gasteiger partial charge in [0.15, 0.2) is 11.4 Å². The van der Waals surface area contributed by atoms with Crippen LogP contribution >= 0.6 is 0 Å². The van der Waals surface area contributed by atoms with Crippen LogP contribution in [0.3, 0.4) is 0 Å². The molecule has 14 atom stereocenters. The minimum atomic E-state index is -2.15. The maximum atomic E-state index is 14.4. The average Bonchev–Trinajstić information content (AvgIpc) is 3.63. The summed E-state index contributed by atoms with van der Waals surface area (Å²) in [5.74, 6) is -3.92. The van der Waals surface area contributed by atoms with Crippen LogP contribution in [0.15, 0.2) is 24.3 Å². The summed E-state index contributed by atoms with van der Waals surface area (Å²) in [5, 5.41) is 35.7. The van der Waals surface area contributed by atoms with E-state index >= 15 is 0 Å². The molecule has 8 nitrogen and oxygen atoms in total. The van der Waals surface area contributed by atoms with Crippen molar-refractivity contribution in [1.29, 1.82) is 0 Å². The van der Waals surface area contributed by atoms with Gasteiger partial charge >= 0.3 is 5.97 Å². The van der Waals surface area contributed by atoms with E-state index in [-0.39, 0.29) is 23.5 Å². The van der Waals surface area contributed by atoms with E-state index in [4.69, 9.17) is 18.9 Å². The van der Waals surface area contributed by atoms with Crippen molar-refractivity contribution < 1.29 is 39.1 Å².